The van der Waals surface area contributed by atoms with Crippen molar-refractivity contribution < 1.29 is 28.8 Å². The highest BCUT2D eigenvalue weighted by molar-refractivity contribution is 6.46. The molecule has 10 heteroatoms. The van der Waals surface area contributed by atoms with Crippen LogP contribution in [0, 0.1) is 0 Å². The summed E-state index contributed by atoms with van der Waals surface area (Å²) in [6, 6.07) is 3.34. The first kappa shape index (κ1) is 29.4. The van der Waals surface area contributed by atoms with Crippen molar-refractivity contribution in [1.82, 2.24) is 10.3 Å². The average Bonchev–Trinajstić information content (AvgIpc) is 2.70. The summed E-state index contributed by atoms with van der Waals surface area (Å²) in [5, 5.41) is 12.8. The molecule has 1 heterocycles. The minimum atomic E-state index is -1.01. The van der Waals surface area contributed by atoms with Crippen LogP contribution in [0.1, 0.15) is 45.6 Å². The number of hydrogen-bond acceptors (Lipinski definition) is 8. The normalized spacial score (nSPS) is 11.7. The maximum atomic E-state index is 12.1. The number of ether oxygens (including phenoxy) is 3. The molecule has 0 bridgehead atoms. The van der Waals surface area contributed by atoms with E-state index in [0.717, 1.165) is 0 Å². The largest absolute Gasteiger partial charge is 0.427 e. The highest BCUT2D eigenvalue weighted by atomic mass is 16.5. The van der Waals surface area contributed by atoms with Crippen molar-refractivity contribution in [1.29, 1.82) is 0 Å². The summed E-state index contributed by atoms with van der Waals surface area (Å²) in [5.41, 5.74) is 4.52. The predicted molar refractivity (Wildman–Crippen MR) is 122 cm³/mol. The monoisotopic (exact) mass is 440 g/mol. The van der Waals surface area contributed by atoms with E-state index in [4.69, 9.17) is 24.6 Å². The maximum Gasteiger partial charge on any atom is 0.332 e. The molecule has 1 amide bonds. The minimum absolute atomic E-state index is 0. The Morgan fingerprint density at radius 1 is 1.06 bits per heavy atom. The standard InChI is InChI=1S/C20H35BN3O6.CH4/c1-19(2,26)20(3,4)30-21-16-5-6-17(24-15-16)18(25)23-8-10-28-12-14-29-13-11-27-9-7-22;/h5-6,15,26H,7-14,22H2,1-4H3,(H,23,25);1H4. The fraction of sp³-hybridized carbons (Fsp3) is 0.714. The van der Waals surface area contributed by atoms with Crippen LogP contribution in [-0.2, 0) is 18.9 Å². The van der Waals surface area contributed by atoms with Gasteiger partial charge in [0.05, 0.1) is 50.8 Å². The zero-order valence-corrected chi connectivity index (χ0v) is 18.5. The van der Waals surface area contributed by atoms with Crippen LogP contribution in [0.5, 0.6) is 0 Å². The van der Waals surface area contributed by atoms with E-state index in [9.17, 15) is 9.90 Å². The van der Waals surface area contributed by atoms with Gasteiger partial charge in [-0.1, -0.05) is 13.5 Å². The number of nitrogens with two attached hydrogens (primary N) is 1. The van der Waals surface area contributed by atoms with Crippen LogP contribution in [0.2, 0.25) is 0 Å². The van der Waals surface area contributed by atoms with Crippen LogP contribution in [-0.4, -0.2) is 87.4 Å². The molecule has 177 valence electrons. The molecule has 0 atom stereocenters. The second-order valence-corrected chi connectivity index (χ2v) is 7.66. The van der Waals surface area contributed by atoms with Crippen LogP contribution in [0.25, 0.3) is 0 Å². The predicted octanol–water partition coefficient (Wildman–Crippen LogP) is 0.267. The van der Waals surface area contributed by atoms with E-state index in [1.165, 1.54) is 7.48 Å². The lowest BCUT2D eigenvalue weighted by atomic mass is 9.83. The Balaban J connectivity index is 0.00000900. The molecule has 0 aliphatic heterocycles. The number of carbonyl (C=O) groups excluding carboxylic acids is 1. The first-order valence-corrected chi connectivity index (χ1v) is 10.1. The van der Waals surface area contributed by atoms with E-state index in [1.807, 2.05) is 0 Å². The molecule has 1 aromatic rings. The summed E-state index contributed by atoms with van der Waals surface area (Å²) in [4.78, 5) is 16.3. The van der Waals surface area contributed by atoms with Crippen molar-refractivity contribution in [2.75, 3.05) is 52.7 Å². The lowest BCUT2D eigenvalue weighted by molar-refractivity contribution is -0.0893. The smallest absolute Gasteiger partial charge is 0.332 e. The summed E-state index contributed by atoms with van der Waals surface area (Å²) in [6.45, 7) is 10.7. The zero-order valence-electron chi connectivity index (χ0n) is 18.5. The third-order valence-corrected chi connectivity index (χ3v) is 4.52. The van der Waals surface area contributed by atoms with Gasteiger partial charge < -0.3 is 35.0 Å². The highest BCUT2D eigenvalue weighted by Gasteiger charge is 2.35. The summed E-state index contributed by atoms with van der Waals surface area (Å²) in [6.07, 6.45) is 1.54. The highest BCUT2D eigenvalue weighted by Crippen LogP contribution is 2.24. The number of carbonyl (C=O) groups is 1. The number of nitrogens with one attached hydrogen (secondary N) is 1. The van der Waals surface area contributed by atoms with E-state index in [1.54, 1.807) is 46.0 Å². The summed E-state index contributed by atoms with van der Waals surface area (Å²) < 4.78 is 21.6. The first-order valence-electron chi connectivity index (χ1n) is 10.1. The first-order chi connectivity index (χ1) is 14.2. The lowest BCUT2D eigenvalue weighted by Gasteiger charge is -2.37. The number of amides is 1. The number of hydrogen-bond donors (Lipinski definition) is 3. The molecular weight excluding hydrogens is 401 g/mol. The molecule has 0 fully saturated rings. The van der Waals surface area contributed by atoms with Crippen LogP contribution < -0.4 is 16.5 Å². The van der Waals surface area contributed by atoms with Gasteiger partial charge in [-0.3, -0.25) is 9.78 Å². The maximum absolute atomic E-state index is 12.1. The fourth-order valence-electron chi connectivity index (χ4n) is 1.92. The Bertz CT molecular complexity index is 608. The Labute approximate surface area is 187 Å². The zero-order chi connectivity index (χ0) is 22.5. The van der Waals surface area contributed by atoms with E-state index in [-0.39, 0.29) is 13.3 Å². The number of nitrogens with zero attached hydrogens (tertiary/aromatic N) is 1. The molecule has 0 saturated carbocycles. The number of aromatic nitrogens is 1. The second kappa shape index (κ2) is 15.3. The third kappa shape index (κ3) is 12.2. The molecule has 0 saturated heterocycles. The van der Waals surface area contributed by atoms with E-state index in [2.05, 4.69) is 10.3 Å². The molecule has 31 heavy (non-hydrogen) atoms. The van der Waals surface area contributed by atoms with Crippen molar-refractivity contribution in [3.05, 3.63) is 24.0 Å². The van der Waals surface area contributed by atoms with Gasteiger partial charge in [0.2, 0.25) is 0 Å². The molecule has 1 rings (SSSR count). The van der Waals surface area contributed by atoms with Gasteiger partial charge in [0.1, 0.15) is 5.69 Å². The number of pyridine rings is 1. The van der Waals surface area contributed by atoms with Gasteiger partial charge in [-0.2, -0.15) is 0 Å². The molecule has 9 nitrogen and oxygen atoms in total. The minimum Gasteiger partial charge on any atom is -0.427 e. The van der Waals surface area contributed by atoms with Gasteiger partial charge in [-0.05, 0) is 39.2 Å². The number of rotatable bonds is 16. The quantitative estimate of drug-likeness (QED) is 0.247. The molecule has 0 spiro atoms. The van der Waals surface area contributed by atoms with Gasteiger partial charge in [0.15, 0.2) is 0 Å². The third-order valence-electron chi connectivity index (χ3n) is 4.52. The summed E-state index contributed by atoms with van der Waals surface area (Å²) in [5.74, 6) is -0.281. The molecular formula is C21H39BN3O6. The van der Waals surface area contributed by atoms with Crippen LogP contribution in [0.3, 0.4) is 0 Å². The molecule has 1 radical (unpaired) electrons. The fourth-order valence-corrected chi connectivity index (χ4v) is 1.92. The molecule has 0 unspecified atom stereocenters. The van der Waals surface area contributed by atoms with Crippen LogP contribution in [0.15, 0.2) is 18.3 Å². The Hall–Kier alpha value is -1.56. The van der Waals surface area contributed by atoms with Gasteiger partial charge in [-0.15, -0.1) is 0 Å². The Kier molecular flexibility index (Phi) is 14.5. The Morgan fingerprint density at radius 3 is 2.16 bits per heavy atom. The van der Waals surface area contributed by atoms with Gasteiger partial charge >= 0.3 is 7.48 Å². The lowest BCUT2D eigenvalue weighted by Crippen LogP contribution is -2.49. The van der Waals surface area contributed by atoms with Crippen LogP contribution >= 0.6 is 0 Å². The van der Waals surface area contributed by atoms with E-state index < -0.39 is 11.2 Å². The molecule has 1 aromatic heterocycles. The van der Waals surface area contributed by atoms with Crippen molar-refractivity contribution in [2.45, 2.75) is 46.3 Å². The second-order valence-electron chi connectivity index (χ2n) is 7.66. The topological polar surface area (TPSA) is 125 Å². The number of aliphatic hydroxyl groups is 1. The summed E-state index contributed by atoms with van der Waals surface area (Å²) in [7, 11) is 1.52. The molecule has 0 aromatic carbocycles. The molecule has 0 aliphatic carbocycles. The molecule has 0 aliphatic rings. The molecule has 4 N–H and O–H groups in total. The van der Waals surface area contributed by atoms with Crippen molar-refractivity contribution in [3.8, 4) is 0 Å². The van der Waals surface area contributed by atoms with Crippen LogP contribution in [0.4, 0.5) is 0 Å². The summed E-state index contributed by atoms with van der Waals surface area (Å²) >= 11 is 0. The Morgan fingerprint density at radius 2 is 1.65 bits per heavy atom. The van der Waals surface area contributed by atoms with Gasteiger partial charge in [0, 0.05) is 19.3 Å². The SMILES string of the molecule is C.CC(C)(O)C(C)(C)O[B]c1ccc(C(=O)NCCOCCOCCOCCN)nc1. The van der Waals surface area contributed by atoms with Gasteiger partial charge in [0.25, 0.3) is 5.91 Å². The van der Waals surface area contributed by atoms with Gasteiger partial charge in [-0.25, -0.2) is 0 Å². The van der Waals surface area contributed by atoms with E-state index >= 15 is 0 Å². The van der Waals surface area contributed by atoms with Crippen molar-refractivity contribution in [3.63, 3.8) is 0 Å². The van der Waals surface area contributed by atoms with E-state index in [0.29, 0.717) is 63.9 Å². The average molecular weight is 440 g/mol. The van der Waals surface area contributed by atoms with Crippen molar-refractivity contribution >= 4 is 18.9 Å². The van der Waals surface area contributed by atoms with Crippen molar-refractivity contribution in [2.24, 2.45) is 5.73 Å².